The van der Waals surface area contributed by atoms with Crippen LogP contribution in [0.15, 0.2) is 22.8 Å². The molecule has 2 rings (SSSR count). The first-order chi connectivity index (χ1) is 6.84. The summed E-state index contributed by atoms with van der Waals surface area (Å²) in [6.07, 6.45) is 2.52. The first-order valence-electron chi connectivity index (χ1n) is 4.16. The van der Waals surface area contributed by atoms with Gasteiger partial charge in [0.25, 0.3) is 0 Å². The van der Waals surface area contributed by atoms with Crippen LogP contribution in [0.5, 0.6) is 0 Å². The van der Waals surface area contributed by atoms with Crippen molar-refractivity contribution in [3.05, 3.63) is 28.1 Å². The molecule has 0 unspecified atom stereocenters. The molecule has 0 fully saturated rings. The molecule has 2 aromatic heterocycles. The van der Waals surface area contributed by atoms with Crippen molar-refractivity contribution in [2.75, 3.05) is 11.9 Å². The van der Waals surface area contributed by atoms with Crippen molar-refractivity contribution in [1.82, 2.24) is 10.2 Å². The van der Waals surface area contributed by atoms with Crippen LogP contribution in [0.1, 0.15) is 5.76 Å². The van der Waals surface area contributed by atoms with Gasteiger partial charge in [-0.1, -0.05) is 11.3 Å². The van der Waals surface area contributed by atoms with Gasteiger partial charge in [0.2, 0.25) is 5.13 Å². The molecule has 0 aliphatic rings. The summed E-state index contributed by atoms with van der Waals surface area (Å²) in [4.78, 5) is 0. The zero-order valence-corrected chi connectivity index (χ0v) is 8.95. The number of furan rings is 1. The van der Waals surface area contributed by atoms with Crippen LogP contribution in [0.2, 0.25) is 0 Å². The molecule has 14 heavy (non-hydrogen) atoms. The molecule has 4 nitrogen and oxygen atoms in total. The maximum absolute atomic E-state index is 5.19. The molecule has 2 aromatic rings. The van der Waals surface area contributed by atoms with Gasteiger partial charge in [-0.3, -0.25) is 5.10 Å². The lowest BCUT2D eigenvalue weighted by atomic mass is 10.3. The smallest absolute Gasteiger partial charge is 0.204 e. The highest BCUT2D eigenvalue weighted by Crippen LogP contribution is 2.10. The van der Waals surface area contributed by atoms with E-state index < -0.39 is 0 Å². The van der Waals surface area contributed by atoms with E-state index in [2.05, 4.69) is 15.5 Å². The predicted octanol–water partition coefficient (Wildman–Crippen LogP) is 2.45. The second-order valence-electron chi connectivity index (χ2n) is 2.67. The average molecular weight is 227 g/mol. The minimum atomic E-state index is 0.686. The lowest BCUT2D eigenvalue weighted by molar-refractivity contribution is 0.513. The van der Waals surface area contributed by atoms with Gasteiger partial charge < -0.3 is 9.73 Å². The highest BCUT2D eigenvalue weighted by molar-refractivity contribution is 7.73. The second kappa shape index (κ2) is 4.39. The third kappa shape index (κ3) is 2.43. The van der Waals surface area contributed by atoms with Crippen molar-refractivity contribution in [1.29, 1.82) is 0 Å². The first kappa shape index (κ1) is 9.42. The summed E-state index contributed by atoms with van der Waals surface area (Å²) in [5.41, 5.74) is 0. The molecule has 0 spiro atoms. The average Bonchev–Trinajstić information content (AvgIpc) is 2.77. The summed E-state index contributed by atoms with van der Waals surface area (Å²) in [6.45, 7) is 0.795. The fraction of sp³-hybridized carbons (Fsp3) is 0.250. The summed E-state index contributed by atoms with van der Waals surface area (Å²) in [5.74, 6) is 0.969. The van der Waals surface area contributed by atoms with Crippen molar-refractivity contribution in [2.24, 2.45) is 0 Å². The minimum Gasteiger partial charge on any atom is -0.469 e. The Morgan fingerprint density at radius 1 is 1.64 bits per heavy atom. The van der Waals surface area contributed by atoms with E-state index in [0.29, 0.717) is 3.95 Å². The van der Waals surface area contributed by atoms with Crippen LogP contribution in [0.3, 0.4) is 0 Å². The normalized spacial score (nSPS) is 10.3. The largest absolute Gasteiger partial charge is 0.469 e. The van der Waals surface area contributed by atoms with Gasteiger partial charge in [0.1, 0.15) is 5.76 Å². The van der Waals surface area contributed by atoms with E-state index in [1.165, 1.54) is 11.3 Å². The van der Waals surface area contributed by atoms with Crippen molar-refractivity contribution in [2.45, 2.75) is 6.42 Å². The van der Waals surface area contributed by atoms with Gasteiger partial charge in [0, 0.05) is 13.0 Å². The van der Waals surface area contributed by atoms with Gasteiger partial charge in [-0.05, 0) is 24.4 Å². The standard InChI is InChI=1S/C8H9N3OS2/c13-8-11-10-7(14-8)9-4-3-6-2-1-5-12-6/h1-2,5H,3-4H2,(H,9,10)(H,11,13). The number of H-pyrrole nitrogens is 1. The zero-order chi connectivity index (χ0) is 9.80. The Hall–Kier alpha value is -1.14. The monoisotopic (exact) mass is 227 g/mol. The van der Waals surface area contributed by atoms with Crippen LogP contribution in [0.4, 0.5) is 5.13 Å². The molecule has 0 bridgehead atoms. The van der Waals surface area contributed by atoms with Crippen LogP contribution < -0.4 is 5.32 Å². The molecule has 0 aliphatic heterocycles. The summed E-state index contributed by atoms with van der Waals surface area (Å²) in [7, 11) is 0. The Bertz CT molecular complexity index is 431. The Labute approximate surface area is 90.0 Å². The molecule has 2 N–H and O–H groups in total. The summed E-state index contributed by atoms with van der Waals surface area (Å²) >= 11 is 6.34. The highest BCUT2D eigenvalue weighted by Gasteiger charge is 1.98. The zero-order valence-electron chi connectivity index (χ0n) is 7.32. The van der Waals surface area contributed by atoms with E-state index in [9.17, 15) is 0 Å². The van der Waals surface area contributed by atoms with E-state index in [1.54, 1.807) is 6.26 Å². The maximum atomic E-state index is 5.19. The van der Waals surface area contributed by atoms with Gasteiger partial charge in [-0.15, -0.1) is 5.10 Å². The number of nitrogens with zero attached hydrogens (tertiary/aromatic N) is 1. The van der Waals surface area contributed by atoms with Gasteiger partial charge in [0.15, 0.2) is 3.95 Å². The number of aromatic amines is 1. The Balaban J connectivity index is 1.81. The fourth-order valence-electron chi connectivity index (χ4n) is 1.05. The van der Waals surface area contributed by atoms with E-state index in [0.717, 1.165) is 23.9 Å². The quantitative estimate of drug-likeness (QED) is 0.788. The molecule has 0 amide bonds. The third-order valence-corrected chi connectivity index (χ3v) is 2.71. The summed E-state index contributed by atoms with van der Waals surface area (Å²) in [5, 5.41) is 10.7. The van der Waals surface area contributed by atoms with E-state index in [4.69, 9.17) is 16.6 Å². The topological polar surface area (TPSA) is 53.9 Å². The second-order valence-corrected chi connectivity index (χ2v) is 4.34. The lowest BCUT2D eigenvalue weighted by Crippen LogP contribution is -2.03. The number of hydrogen-bond donors (Lipinski definition) is 2. The van der Waals surface area contributed by atoms with Crippen molar-refractivity contribution >= 4 is 28.7 Å². The molecule has 6 heteroatoms. The molecule has 0 saturated carbocycles. The molecular weight excluding hydrogens is 218 g/mol. The van der Waals surface area contributed by atoms with Crippen LogP contribution in [-0.2, 0) is 6.42 Å². The Morgan fingerprint density at radius 2 is 2.57 bits per heavy atom. The Kier molecular flexibility index (Phi) is 2.95. The number of hydrogen-bond acceptors (Lipinski definition) is 5. The molecule has 0 aliphatic carbocycles. The number of rotatable bonds is 4. The number of nitrogens with one attached hydrogen (secondary N) is 2. The van der Waals surface area contributed by atoms with Crippen molar-refractivity contribution in [3.8, 4) is 0 Å². The highest BCUT2D eigenvalue weighted by atomic mass is 32.1. The minimum absolute atomic E-state index is 0.686. The number of anilines is 1. The van der Waals surface area contributed by atoms with Gasteiger partial charge in [0.05, 0.1) is 6.26 Å². The first-order valence-corrected chi connectivity index (χ1v) is 5.39. The summed E-state index contributed by atoms with van der Waals surface area (Å²) < 4.78 is 5.88. The van der Waals surface area contributed by atoms with E-state index >= 15 is 0 Å². The maximum Gasteiger partial charge on any atom is 0.204 e. The van der Waals surface area contributed by atoms with Crippen molar-refractivity contribution < 1.29 is 4.42 Å². The van der Waals surface area contributed by atoms with Crippen molar-refractivity contribution in [3.63, 3.8) is 0 Å². The Morgan fingerprint density at radius 3 is 3.21 bits per heavy atom. The van der Waals surface area contributed by atoms with E-state index in [-0.39, 0.29) is 0 Å². The fourth-order valence-corrected chi connectivity index (χ4v) is 1.87. The molecule has 2 heterocycles. The SMILES string of the molecule is S=c1[nH]nc(NCCc2ccco2)s1. The lowest BCUT2D eigenvalue weighted by Gasteiger charge is -1.98. The molecule has 0 aromatic carbocycles. The third-order valence-electron chi connectivity index (χ3n) is 1.67. The van der Waals surface area contributed by atoms with Gasteiger partial charge in [-0.2, -0.15) is 0 Å². The van der Waals surface area contributed by atoms with Gasteiger partial charge in [-0.25, -0.2) is 0 Å². The predicted molar refractivity (Wildman–Crippen MR) is 58.2 cm³/mol. The van der Waals surface area contributed by atoms with E-state index in [1.807, 2.05) is 12.1 Å². The van der Waals surface area contributed by atoms with Crippen LogP contribution in [0, 0.1) is 3.95 Å². The van der Waals surface area contributed by atoms with Gasteiger partial charge >= 0.3 is 0 Å². The molecule has 74 valence electrons. The summed E-state index contributed by atoms with van der Waals surface area (Å²) in [6, 6.07) is 3.84. The molecular formula is C8H9N3OS2. The number of aromatic nitrogens is 2. The van der Waals surface area contributed by atoms with Crippen LogP contribution in [0.25, 0.3) is 0 Å². The van der Waals surface area contributed by atoms with Crippen LogP contribution >= 0.6 is 23.6 Å². The van der Waals surface area contributed by atoms with Crippen LogP contribution in [-0.4, -0.2) is 16.7 Å². The molecule has 0 saturated heterocycles. The molecule has 0 atom stereocenters. The molecule has 0 radical (unpaired) electrons.